The lowest BCUT2D eigenvalue weighted by Gasteiger charge is -1.99. The quantitative estimate of drug-likeness (QED) is 0.483. The molecule has 0 amide bonds. The van der Waals surface area contributed by atoms with Crippen LogP contribution in [-0.2, 0) is 4.79 Å². The second kappa shape index (κ2) is 5.23. The van der Waals surface area contributed by atoms with Gasteiger partial charge < -0.3 is 5.11 Å². The SMILES string of the molecule is O=C([OH2+])/C=C/C(=O)c1cc(Br)ccc1Br. The average Bonchev–Trinajstić information content (AvgIpc) is 2.18. The van der Waals surface area contributed by atoms with Crippen LogP contribution in [0.5, 0.6) is 0 Å². The zero-order valence-corrected chi connectivity index (χ0v) is 10.6. The molecule has 3 nitrogen and oxygen atoms in total. The first kappa shape index (κ1) is 12.1. The van der Waals surface area contributed by atoms with Gasteiger partial charge in [-0.15, -0.1) is 0 Å². The summed E-state index contributed by atoms with van der Waals surface area (Å²) in [6, 6.07) is 5.17. The van der Waals surface area contributed by atoms with Gasteiger partial charge in [-0.25, -0.2) is 0 Å². The minimum absolute atomic E-state index is 0.316. The first-order valence-electron chi connectivity index (χ1n) is 3.93. The number of hydrogen-bond donors (Lipinski definition) is 0. The predicted molar refractivity (Wildman–Crippen MR) is 63.9 cm³/mol. The van der Waals surface area contributed by atoms with Gasteiger partial charge >= 0.3 is 5.97 Å². The average molecular weight is 335 g/mol. The zero-order chi connectivity index (χ0) is 11.4. The van der Waals surface area contributed by atoms with Gasteiger partial charge in [0.25, 0.3) is 0 Å². The predicted octanol–water partition coefficient (Wildman–Crippen LogP) is 2.20. The van der Waals surface area contributed by atoms with Gasteiger partial charge in [0.15, 0.2) is 5.78 Å². The van der Waals surface area contributed by atoms with Crippen LogP contribution in [0.1, 0.15) is 10.4 Å². The minimum atomic E-state index is -0.894. The molecule has 0 unspecified atom stereocenters. The van der Waals surface area contributed by atoms with Gasteiger partial charge in [0.05, 0.1) is 6.08 Å². The number of hydrogen-bond acceptors (Lipinski definition) is 2. The molecular weight excluding hydrogens is 328 g/mol. The van der Waals surface area contributed by atoms with Crippen molar-refractivity contribution in [2.45, 2.75) is 0 Å². The van der Waals surface area contributed by atoms with Crippen LogP contribution >= 0.6 is 31.9 Å². The van der Waals surface area contributed by atoms with Crippen LogP contribution in [0.2, 0.25) is 0 Å². The van der Waals surface area contributed by atoms with E-state index in [9.17, 15) is 9.59 Å². The van der Waals surface area contributed by atoms with Crippen molar-refractivity contribution in [2.75, 3.05) is 0 Å². The number of carbonyl (C=O) groups is 2. The van der Waals surface area contributed by atoms with E-state index in [0.29, 0.717) is 10.0 Å². The van der Waals surface area contributed by atoms with E-state index >= 15 is 0 Å². The molecule has 0 heterocycles. The Morgan fingerprint density at radius 1 is 1.20 bits per heavy atom. The first-order valence-corrected chi connectivity index (χ1v) is 5.52. The molecule has 0 radical (unpaired) electrons. The summed E-state index contributed by atoms with van der Waals surface area (Å²) in [5, 5.41) is 6.63. The fourth-order valence-electron chi connectivity index (χ4n) is 0.927. The maximum atomic E-state index is 11.5. The summed E-state index contributed by atoms with van der Waals surface area (Å²) in [6.45, 7) is 0. The van der Waals surface area contributed by atoms with Crippen LogP contribution in [0.3, 0.4) is 0 Å². The van der Waals surface area contributed by atoms with Crippen molar-refractivity contribution in [1.82, 2.24) is 0 Å². The lowest BCUT2D eigenvalue weighted by molar-refractivity contribution is -0.131. The molecule has 78 valence electrons. The highest BCUT2D eigenvalue weighted by Crippen LogP contribution is 2.22. The van der Waals surface area contributed by atoms with E-state index in [0.717, 1.165) is 16.6 Å². The third-order valence-electron chi connectivity index (χ3n) is 1.58. The fraction of sp³-hybridized carbons (Fsp3) is 0. The van der Waals surface area contributed by atoms with E-state index < -0.39 is 5.97 Å². The van der Waals surface area contributed by atoms with E-state index in [1.165, 1.54) is 0 Å². The first-order chi connectivity index (χ1) is 7.00. The van der Waals surface area contributed by atoms with E-state index in [2.05, 4.69) is 31.9 Å². The van der Waals surface area contributed by atoms with Crippen LogP contribution in [0.25, 0.3) is 0 Å². The van der Waals surface area contributed by atoms with E-state index in [4.69, 9.17) is 5.11 Å². The maximum absolute atomic E-state index is 11.5. The zero-order valence-electron chi connectivity index (χ0n) is 7.46. The standard InChI is InChI=1S/C10H6Br2O3/c11-6-1-2-8(12)7(5-6)9(13)3-4-10(14)15/h1-5H,(H,14,15)/p+1/b4-3+. The molecule has 1 aromatic rings. The summed E-state index contributed by atoms with van der Waals surface area (Å²) in [5.74, 6) is -1.21. The van der Waals surface area contributed by atoms with Gasteiger partial charge in [-0.05, 0) is 24.3 Å². The van der Waals surface area contributed by atoms with E-state index in [1.54, 1.807) is 18.2 Å². The van der Waals surface area contributed by atoms with Crippen LogP contribution in [0.4, 0.5) is 0 Å². The second-order valence-corrected chi connectivity index (χ2v) is 4.46. The Hall–Kier alpha value is -0.940. The molecule has 1 rings (SSSR count). The Morgan fingerprint density at radius 2 is 1.87 bits per heavy atom. The number of allylic oxidation sites excluding steroid dienone is 1. The van der Waals surface area contributed by atoms with Crippen molar-refractivity contribution in [2.24, 2.45) is 0 Å². The smallest absolute Gasteiger partial charge is 0.541 e. The molecular formula is C10H7Br2O3+. The van der Waals surface area contributed by atoms with E-state index in [1.807, 2.05) is 0 Å². The third-order valence-corrected chi connectivity index (χ3v) is 2.76. The summed E-state index contributed by atoms with van der Waals surface area (Å²) in [4.78, 5) is 21.9. The normalized spacial score (nSPS) is 10.5. The second-order valence-electron chi connectivity index (χ2n) is 2.69. The van der Waals surface area contributed by atoms with Crippen molar-refractivity contribution in [3.8, 4) is 0 Å². The topological polar surface area (TPSA) is 57.0 Å². The molecule has 0 aromatic heterocycles. The number of ketones is 1. The van der Waals surface area contributed by atoms with Gasteiger partial charge in [-0.2, -0.15) is 0 Å². The molecule has 0 bridgehead atoms. The largest absolute Gasteiger partial charge is 0.561 e. The van der Waals surface area contributed by atoms with E-state index in [-0.39, 0.29) is 5.78 Å². The van der Waals surface area contributed by atoms with Gasteiger partial charge in [0.2, 0.25) is 0 Å². The van der Waals surface area contributed by atoms with Gasteiger partial charge in [-0.3, -0.25) is 4.79 Å². The highest BCUT2D eigenvalue weighted by atomic mass is 79.9. The number of halogens is 2. The third kappa shape index (κ3) is 3.60. The van der Waals surface area contributed by atoms with Crippen LogP contribution in [0.15, 0.2) is 39.3 Å². The molecule has 0 spiro atoms. The Labute approximate surface area is 103 Å². The minimum Gasteiger partial charge on any atom is -0.561 e. The monoisotopic (exact) mass is 333 g/mol. The van der Waals surface area contributed by atoms with Crippen molar-refractivity contribution >= 4 is 43.6 Å². The molecule has 2 N–H and O–H groups in total. The number of rotatable bonds is 3. The Balaban J connectivity index is 3.01. The number of benzene rings is 1. The lowest BCUT2D eigenvalue weighted by Crippen LogP contribution is -1.97. The Bertz CT molecular complexity index is 438. The van der Waals surface area contributed by atoms with Gasteiger partial charge in [-0.1, -0.05) is 31.9 Å². The summed E-state index contributed by atoms with van der Waals surface area (Å²) >= 11 is 6.47. The molecule has 15 heavy (non-hydrogen) atoms. The summed E-state index contributed by atoms with van der Waals surface area (Å²) in [6.07, 6.45) is 2.01. The maximum Gasteiger partial charge on any atom is 0.541 e. The molecule has 0 atom stereocenters. The number of carbonyl (C=O) groups excluding carboxylic acids is 2. The molecule has 0 aliphatic rings. The molecule has 0 aliphatic heterocycles. The van der Waals surface area contributed by atoms with Crippen LogP contribution in [0, 0.1) is 0 Å². The van der Waals surface area contributed by atoms with Gasteiger partial charge in [0, 0.05) is 19.3 Å². The van der Waals surface area contributed by atoms with Crippen molar-refractivity contribution < 1.29 is 14.7 Å². The van der Waals surface area contributed by atoms with Gasteiger partial charge in [0.1, 0.15) is 0 Å². The summed E-state index contributed by atoms with van der Waals surface area (Å²) < 4.78 is 1.43. The van der Waals surface area contributed by atoms with Crippen molar-refractivity contribution in [1.29, 1.82) is 0 Å². The molecule has 5 heteroatoms. The molecule has 0 saturated heterocycles. The highest BCUT2D eigenvalue weighted by molar-refractivity contribution is 9.11. The molecule has 1 aromatic carbocycles. The summed E-state index contributed by atoms with van der Waals surface area (Å²) in [5.41, 5.74) is 0.446. The van der Waals surface area contributed by atoms with Crippen LogP contribution < -0.4 is 0 Å². The van der Waals surface area contributed by atoms with Crippen molar-refractivity contribution in [3.05, 3.63) is 44.9 Å². The Kier molecular flexibility index (Phi) is 4.23. The lowest BCUT2D eigenvalue weighted by atomic mass is 10.1. The van der Waals surface area contributed by atoms with Crippen LogP contribution in [-0.4, -0.2) is 16.9 Å². The highest BCUT2D eigenvalue weighted by Gasteiger charge is 2.09. The molecule has 0 fully saturated rings. The summed E-state index contributed by atoms with van der Waals surface area (Å²) in [7, 11) is 0. The molecule has 0 aliphatic carbocycles. The Morgan fingerprint density at radius 3 is 2.47 bits per heavy atom. The van der Waals surface area contributed by atoms with Crippen molar-refractivity contribution in [3.63, 3.8) is 0 Å². The fourth-order valence-corrected chi connectivity index (χ4v) is 1.73. The molecule has 0 saturated carbocycles.